The average Bonchev–Trinajstić information content (AvgIpc) is 2.42. The van der Waals surface area contributed by atoms with Crippen LogP contribution in [0.2, 0.25) is 5.02 Å². The number of hydrogen-bond acceptors (Lipinski definition) is 3. The molecular weight excluding hydrogens is 274 g/mol. The molecule has 2 rings (SSSR count). The molecule has 0 heterocycles. The third-order valence-electron chi connectivity index (χ3n) is 4.19. The molecule has 3 nitrogen and oxygen atoms in total. The van der Waals surface area contributed by atoms with Crippen LogP contribution in [0.1, 0.15) is 43.5 Å². The van der Waals surface area contributed by atoms with Gasteiger partial charge in [-0.15, -0.1) is 0 Å². The van der Waals surface area contributed by atoms with E-state index in [1.165, 1.54) is 20.0 Å². The summed E-state index contributed by atoms with van der Waals surface area (Å²) in [7, 11) is 1.39. The van der Waals surface area contributed by atoms with Gasteiger partial charge in [0.1, 0.15) is 0 Å². The Kier molecular flexibility index (Phi) is 4.92. The Hall–Kier alpha value is -1.22. The number of nitrogens with one attached hydrogen (secondary N) is 1. The summed E-state index contributed by atoms with van der Waals surface area (Å²) in [5.74, 6) is 0.973. The second-order valence-electron chi connectivity index (χ2n) is 5.83. The lowest BCUT2D eigenvalue weighted by molar-refractivity contribution is 0.0601. The van der Waals surface area contributed by atoms with Crippen molar-refractivity contribution in [3.8, 4) is 0 Å². The largest absolute Gasteiger partial charge is 0.465 e. The molecule has 1 aromatic rings. The zero-order chi connectivity index (χ0) is 14.7. The number of halogens is 1. The predicted octanol–water partition coefficient (Wildman–Crippen LogP) is 4.36. The third-order valence-corrected chi connectivity index (χ3v) is 4.42. The summed E-state index contributed by atoms with van der Waals surface area (Å²) in [6, 6.07) is 5.61. The fourth-order valence-corrected chi connectivity index (χ4v) is 3.03. The first-order chi connectivity index (χ1) is 9.51. The van der Waals surface area contributed by atoms with Crippen LogP contribution in [0.15, 0.2) is 18.2 Å². The van der Waals surface area contributed by atoms with Gasteiger partial charge in [0.2, 0.25) is 0 Å². The Balaban J connectivity index is 2.23. The summed E-state index contributed by atoms with van der Waals surface area (Å²) >= 11 is 6.06. The molecule has 1 aliphatic rings. The highest BCUT2D eigenvalue weighted by molar-refractivity contribution is 6.31. The molecule has 0 amide bonds. The van der Waals surface area contributed by atoms with Gasteiger partial charge >= 0.3 is 5.97 Å². The molecule has 110 valence electrons. The minimum atomic E-state index is -0.333. The molecule has 3 unspecified atom stereocenters. The molecule has 4 heteroatoms. The Labute approximate surface area is 125 Å². The highest BCUT2D eigenvalue weighted by Gasteiger charge is 2.26. The third kappa shape index (κ3) is 3.45. The van der Waals surface area contributed by atoms with E-state index in [9.17, 15) is 4.79 Å². The van der Waals surface area contributed by atoms with Crippen molar-refractivity contribution in [3.63, 3.8) is 0 Å². The van der Waals surface area contributed by atoms with E-state index >= 15 is 0 Å². The van der Waals surface area contributed by atoms with E-state index in [2.05, 4.69) is 19.2 Å². The highest BCUT2D eigenvalue weighted by Crippen LogP contribution is 2.32. The minimum absolute atomic E-state index is 0.333. The molecule has 0 aliphatic heterocycles. The van der Waals surface area contributed by atoms with E-state index in [0.29, 0.717) is 28.5 Å². The van der Waals surface area contributed by atoms with Crippen LogP contribution in [0.25, 0.3) is 0 Å². The van der Waals surface area contributed by atoms with Crippen molar-refractivity contribution in [2.75, 3.05) is 12.4 Å². The normalized spacial score (nSPS) is 26.1. The quantitative estimate of drug-likeness (QED) is 0.842. The summed E-state index contributed by atoms with van der Waals surface area (Å²) in [6.45, 7) is 4.53. The number of anilines is 1. The van der Waals surface area contributed by atoms with E-state index < -0.39 is 0 Å². The van der Waals surface area contributed by atoms with Gasteiger partial charge < -0.3 is 10.1 Å². The van der Waals surface area contributed by atoms with E-state index in [0.717, 1.165) is 12.1 Å². The minimum Gasteiger partial charge on any atom is -0.465 e. The SMILES string of the molecule is COC(=O)c1ccc(Cl)cc1NC1CC(C)CCC1C. The smallest absolute Gasteiger partial charge is 0.339 e. The number of carbonyl (C=O) groups is 1. The topological polar surface area (TPSA) is 38.3 Å². The lowest BCUT2D eigenvalue weighted by Gasteiger charge is -2.34. The summed E-state index contributed by atoms with van der Waals surface area (Å²) in [5, 5.41) is 4.12. The lowest BCUT2D eigenvalue weighted by Crippen LogP contribution is -2.34. The zero-order valence-electron chi connectivity index (χ0n) is 12.3. The predicted molar refractivity (Wildman–Crippen MR) is 82.4 cm³/mol. The Bertz CT molecular complexity index is 489. The van der Waals surface area contributed by atoms with Gasteiger partial charge in [0.15, 0.2) is 0 Å². The molecule has 1 N–H and O–H groups in total. The van der Waals surface area contributed by atoms with Crippen molar-refractivity contribution in [3.05, 3.63) is 28.8 Å². The molecule has 1 fully saturated rings. The fourth-order valence-electron chi connectivity index (χ4n) is 2.86. The summed E-state index contributed by atoms with van der Waals surface area (Å²) in [5.41, 5.74) is 1.32. The van der Waals surface area contributed by atoms with Gasteiger partial charge in [-0.25, -0.2) is 4.79 Å². The maximum Gasteiger partial charge on any atom is 0.339 e. The molecule has 1 aliphatic carbocycles. The average molecular weight is 296 g/mol. The van der Waals surface area contributed by atoms with Crippen LogP contribution in [0, 0.1) is 11.8 Å². The molecule has 0 bridgehead atoms. The maximum absolute atomic E-state index is 11.8. The van der Waals surface area contributed by atoms with Gasteiger partial charge in [-0.3, -0.25) is 0 Å². The number of carbonyl (C=O) groups excluding carboxylic acids is 1. The number of esters is 1. The first kappa shape index (κ1) is 15.2. The molecule has 1 saturated carbocycles. The molecule has 0 saturated heterocycles. The first-order valence-corrected chi connectivity index (χ1v) is 7.53. The van der Waals surface area contributed by atoms with Crippen LogP contribution in [-0.2, 0) is 4.74 Å². The van der Waals surface area contributed by atoms with Crippen LogP contribution < -0.4 is 5.32 Å². The number of rotatable bonds is 3. The van der Waals surface area contributed by atoms with Crippen molar-refractivity contribution in [2.45, 2.75) is 39.2 Å². The molecule has 0 aromatic heterocycles. The van der Waals surface area contributed by atoms with Crippen molar-refractivity contribution in [2.24, 2.45) is 11.8 Å². The number of ether oxygens (including phenoxy) is 1. The summed E-state index contributed by atoms with van der Waals surface area (Å²) in [6.07, 6.45) is 3.61. The molecule has 0 spiro atoms. The van der Waals surface area contributed by atoms with Crippen molar-refractivity contribution in [1.29, 1.82) is 0 Å². The van der Waals surface area contributed by atoms with Gasteiger partial charge in [0, 0.05) is 11.1 Å². The van der Waals surface area contributed by atoms with Crippen LogP contribution in [0.5, 0.6) is 0 Å². The number of benzene rings is 1. The van der Waals surface area contributed by atoms with Gasteiger partial charge in [-0.05, 0) is 42.9 Å². The molecule has 3 atom stereocenters. The van der Waals surface area contributed by atoms with Crippen LogP contribution >= 0.6 is 11.6 Å². The van der Waals surface area contributed by atoms with E-state index in [1.54, 1.807) is 18.2 Å². The van der Waals surface area contributed by atoms with Crippen LogP contribution in [0.4, 0.5) is 5.69 Å². The fraction of sp³-hybridized carbons (Fsp3) is 0.562. The van der Waals surface area contributed by atoms with Crippen LogP contribution in [-0.4, -0.2) is 19.1 Å². The van der Waals surface area contributed by atoms with Crippen molar-refractivity contribution in [1.82, 2.24) is 0 Å². The van der Waals surface area contributed by atoms with Crippen molar-refractivity contribution < 1.29 is 9.53 Å². The van der Waals surface area contributed by atoms with E-state index in [4.69, 9.17) is 16.3 Å². The highest BCUT2D eigenvalue weighted by atomic mass is 35.5. The van der Waals surface area contributed by atoms with Crippen molar-refractivity contribution >= 4 is 23.3 Å². The van der Waals surface area contributed by atoms with Gasteiger partial charge in [0.25, 0.3) is 0 Å². The molecular formula is C16H22ClNO2. The molecule has 20 heavy (non-hydrogen) atoms. The lowest BCUT2D eigenvalue weighted by atomic mass is 9.80. The summed E-state index contributed by atoms with van der Waals surface area (Å²) < 4.78 is 4.83. The van der Waals surface area contributed by atoms with Gasteiger partial charge in [0.05, 0.1) is 18.4 Å². The van der Waals surface area contributed by atoms with E-state index in [1.807, 2.05) is 0 Å². The second-order valence-corrected chi connectivity index (χ2v) is 6.26. The first-order valence-electron chi connectivity index (χ1n) is 7.15. The standard InChI is InChI=1S/C16H22ClNO2/c1-10-4-5-11(2)14(8-10)18-15-9-12(17)6-7-13(15)16(19)20-3/h6-7,9-11,14,18H,4-5,8H2,1-3H3. The second kappa shape index (κ2) is 6.49. The Morgan fingerprint density at radius 2 is 2.10 bits per heavy atom. The zero-order valence-corrected chi connectivity index (χ0v) is 13.0. The monoisotopic (exact) mass is 295 g/mol. The Morgan fingerprint density at radius 1 is 1.35 bits per heavy atom. The molecule has 1 aromatic carbocycles. The van der Waals surface area contributed by atoms with E-state index in [-0.39, 0.29) is 5.97 Å². The van der Waals surface area contributed by atoms with Gasteiger partial charge in [-0.1, -0.05) is 31.9 Å². The Morgan fingerprint density at radius 3 is 2.80 bits per heavy atom. The van der Waals surface area contributed by atoms with Gasteiger partial charge in [-0.2, -0.15) is 0 Å². The number of methoxy groups -OCH3 is 1. The summed E-state index contributed by atoms with van der Waals surface area (Å²) in [4.78, 5) is 11.8. The number of hydrogen-bond donors (Lipinski definition) is 1. The van der Waals surface area contributed by atoms with Crippen LogP contribution in [0.3, 0.4) is 0 Å². The molecule has 0 radical (unpaired) electrons. The maximum atomic E-state index is 11.8.